The van der Waals surface area contributed by atoms with Gasteiger partial charge in [0.25, 0.3) is 0 Å². The molecule has 25 heavy (non-hydrogen) atoms. The second-order valence-electron chi connectivity index (χ2n) is 6.95. The summed E-state index contributed by atoms with van der Waals surface area (Å²) in [5, 5.41) is 0. The number of nitrogens with zero attached hydrogens (tertiary/aromatic N) is 1. The van der Waals surface area contributed by atoms with Crippen LogP contribution in [-0.2, 0) is 6.54 Å². The van der Waals surface area contributed by atoms with Gasteiger partial charge in [0.15, 0.2) is 5.69 Å². The molecule has 128 valence electrons. The van der Waals surface area contributed by atoms with E-state index in [-0.39, 0.29) is 0 Å². The Balaban J connectivity index is 2.22. The highest BCUT2D eigenvalue weighted by molar-refractivity contribution is 5.69. The molecule has 0 unspecified atom stereocenters. The summed E-state index contributed by atoms with van der Waals surface area (Å²) < 4.78 is 2.52. The Hall–Kier alpha value is -2.41. The largest absolute Gasteiger partial charge is 0.213 e. The molecule has 0 aliphatic carbocycles. The maximum atomic E-state index is 2.52. The Bertz CT molecular complexity index is 804. The topological polar surface area (TPSA) is 3.88 Å². The van der Waals surface area contributed by atoms with Crippen molar-refractivity contribution in [2.24, 2.45) is 0 Å². The molecule has 1 nitrogen and oxygen atoms in total. The first kappa shape index (κ1) is 17.4. The summed E-state index contributed by atoms with van der Waals surface area (Å²) in [7, 11) is 0. The monoisotopic (exact) mass is 330 g/mol. The molecule has 1 heteroatoms. The molecule has 0 saturated heterocycles. The molecule has 3 aromatic rings. The number of aromatic nitrogens is 1. The summed E-state index contributed by atoms with van der Waals surface area (Å²) in [5.74, 6) is 0.489. The van der Waals surface area contributed by atoms with Crippen molar-refractivity contribution in [1.29, 1.82) is 0 Å². The predicted octanol–water partition coefficient (Wildman–Crippen LogP) is 6.23. The van der Waals surface area contributed by atoms with Gasteiger partial charge >= 0.3 is 0 Å². The lowest BCUT2D eigenvalue weighted by Crippen LogP contribution is -2.41. The first-order valence-electron chi connectivity index (χ1n) is 9.39. The van der Waals surface area contributed by atoms with Crippen LogP contribution in [0.4, 0.5) is 0 Å². The predicted molar refractivity (Wildman–Crippen MR) is 107 cm³/mol. The number of unbranched alkanes of at least 4 members (excludes halogenated alkanes) is 1. The van der Waals surface area contributed by atoms with Crippen LogP contribution in [0.5, 0.6) is 0 Å². The van der Waals surface area contributed by atoms with Gasteiger partial charge in [-0.1, -0.05) is 75.7 Å². The minimum atomic E-state index is 0.489. The number of rotatable bonds is 6. The van der Waals surface area contributed by atoms with Gasteiger partial charge in [0, 0.05) is 30.0 Å². The van der Waals surface area contributed by atoms with Gasteiger partial charge in [-0.2, -0.15) is 4.57 Å². The highest BCUT2D eigenvalue weighted by Gasteiger charge is 2.22. The molecule has 0 aliphatic rings. The molecular formula is C24H28N+. The Labute approximate surface area is 152 Å². The van der Waals surface area contributed by atoms with Crippen LogP contribution < -0.4 is 4.57 Å². The highest BCUT2D eigenvalue weighted by Crippen LogP contribution is 2.27. The van der Waals surface area contributed by atoms with Crippen LogP contribution in [0.25, 0.3) is 22.4 Å². The molecule has 1 heterocycles. The summed E-state index contributed by atoms with van der Waals surface area (Å²) in [6, 6.07) is 26.2. The van der Waals surface area contributed by atoms with Crippen LogP contribution >= 0.6 is 0 Å². The second kappa shape index (κ2) is 8.11. The molecule has 0 fully saturated rings. The second-order valence-corrected chi connectivity index (χ2v) is 6.95. The van der Waals surface area contributed by atoms with Gasteiger partial charge in [0.05, 0.1) is 0 Å². The maximum Gasteiger partial charge on any atom is 0.213 e. The number of hydrogen-bond acceptors (Lipinski definition) is 0. The zero-order chi connectivity index (χ0) is 17.6. The molecule has 0 spiro atoms. The van der Waals surface area contributed by atoms with Crippen molar-refractivity contribution >= 4 is 0 Å². The van der Waals surface area contributed by atoms with Crippen molar-refractivity contribution < 1.29 is 4.57 Å². The lowest BCUT2D eigenvalue weighted by molar-refractivity contribution is -0.694. The van der Waals surface area contributed by atoms with Crippen molar-refractivity contribution in [2.75, 3.05) is 0 Å². The smallest absolute Gasteiger partial charge is 0.195 e. The van der Waals surface area contributed by atoms with Crippen LogP contribution in [-0.4, -0.2) is 0 Å². The lowest BCUT2D eigenvalue weighted by atomic mass is 9.98. The van der Waals surface area contributed by atoms with Crippen molar-refractivity contribution in [3.63, 3.8) is 0 Å². The summed E-state index contributed by atoms with van der Waals surface area (Å²) in [6.45, 7) is 7.92. The third kappa shape index (κ3) is 3.99. The van der Waals surface area contributed by atoms with E-state index in [2.05, 4.69) is 98.1 Å². The molecule has 0 N–H and O–H groups in total. The SMILES string of the molecule is CCCC[n+]1c(-c2ccccc2)cc(-c2ccccc2)cc1C(C)C. The van der Waals surface area contributed by atoms with E-state index in [9.17, 15) is 0 Å². The summed E-state index contributed by atoms with van der Waals surface area (Å²) >= 11 is 0. The highest BCUT2D eigenvalue weighted by atomic mass is 15.0. The van der Waals surface area contributed by atoms with Gasteiger partial charge < -0.3 is 0 Å². The van der Waals surface area contributed by atoms with Crippen molar-refractivity contribution in [3.05, 3.63) is 78.5 Å². The first-order chi connectivity index (χ1) is 12.2. The Morgan fingerprint density at radius 1 is 0.760 bits per heavy atom. The van der Waals surface area contributed by atoms with Crippen molar-refractivity contribution in [1.82, 2.24) is 0 Å². The number of pyridine rings is 1. The molecule has 0 bridgehead atoms. The molecule has 3 rings (SSSR count). The van der Waals surface area contributed by atoms with E-state index in [1.807, 2.05) is 0 Å². The molecule has 0 amide bonds. The molecule has 0 aliphatic heterocycles. The molecular weight excluding hydrogens is 302 g/mol. The van der Waals surface area contributed by atoms with E-state index >= 15 is 0 Å². The Morgan fingerprint density at radius 2 is 1.36 bits per heavy atom. The van der Waals surface area contributed by atoms with E-state index in [1.54, 1.807) is 0 Å². The molecule has 0 atom stereocenters. The van der Waals surface area contributed by atoms with Gasteiger partial charge in [-0.3, -0.25) is 0 Å². The first-order valence-corrected chi connectivity index (χ1v) is 9.39. The molecule has 0 saturated carbocycles. The lowest BCUT2D eigenvalue weighted by Gasteiger charge is -2.14. The van der Waals surface area contributed by atoms with E-state index in [4.69, 9.17) is 0 Å². The van der Waals surface area contributed by atoms with Crippen molar-refractivity contribution in [3.8, 4) is 22.4 Å². The Morgan fingerprint density at radius 3 is 1.92 bits per heavy atom. The Kier molecular flexibility index (Phi) is 5.65. The number of benzene rings is 2. The van der Waals surface area contributed by atoms with Crippen LogP contribution in [0.2, 0.25) is 0 Å². The zero-order valence-electron chi connectivity index (χ0n) is 15.6. The minimum absolute atomic E-state index is 0.489. The third-order valence-electron chi connectivity index (χ3n) is 4.70. The number of hydrogen-bond donors (Lipinski definition) is 0. The minimum Gasteiger partial charge on any atom is -0.195 e. The zero-order valence-corrected chi connectivity index (χ0v) is 15.6. The average molecular weight is 330 g/mol. The van der Waals surface area contributed by atoms with Crippen LogP contribution in [0.3, 0.4) is 0 Å². The van der Waals surface area contributed by atoms with Crippen LogP contribution in [0.1, 0.15) is 45.2 Å². The fraction of sp³-hybridized carbons (Fsp3) is 0.292. The van der Waals surface area contributed by atoms with E-state index in [0.717, 1.165) is 6.54 Å². The normalized spacial score (nSPS) is 11.0. The van der Waals surface area contributed by atoms with E-state index in [1.165, 1.54) is 40.9 Å². The molecule has 1 aromatic heterocycles. The van der Waals surface area contributed by atoms with E-state index < -0.39 is 0 Å². The van der Waals surface area contributed by atoms with Crippen LogP contribution in [0.15, 0.2) is 72.8 Å². The fourth-order valence-corrected chi connectivity index (χ4v) is 3.33. The van der Waals surface area contributed by atoms with Crippen molar-refractivity contribution in [2.45, 2.75) is 46.1 Å². The molecule has 0 radical (unpaired) electrons. The molecule has 2 aromatic carbocycles. The summed E-state index contributed by atoms with van der Waals surface area (Å²) in [5.41, 5.74) is 6.60. The summed E-state index contributed by atoms with van der Waals surface area (Å²) in [6.07, 6.45) is 2.41. The van der Waals surface area contributed by atoms with Gasteiger partial charge in [0.2, 0.25) is 5.69 Å². The fourth-order valence-electron chi connectivity index (χ4n) is 3.33. The average Bonchev–Trinajstić information content (AvgIpc) is 2.67. The van der Waals surface area contributed by atoms with Gasteiger partial charge in [-0.05, 0) is 23.3 Å². The van der Waals surface area contributed by atoms with E-state index in [0.29, 0.717) is 5.92 Å². The van der Waals surface area contributed by atoms with Gasteiger partial charge in [0.1, 0.15) is 6.54 Å². The summed E-state index contributed by atoms with van der Waals surface area (Å²) in [4.78, 5) is 0. The third-order valence-corrected chi connectivity index (χ3v) is 4.70. The van der Waals surface area contributed by atoms with Gasteiger partial charge in [-0.15, -0.1) is 0 Å². The maximum absolute atomic E-state index is 2.52. The van der Waals surface area contributed by atoms with Crippen LogP contribution in [0, 0.1) is 0 Å². The quantitative estimate of drug-likeness (QED) is 0.472. The standard InChI is InChI=1S/C24H28N/c1-4-5-16-25-23(19(2)3)17-22(20-12-8-6-9-13-20)18-24(25)21-14-10-7-11-15-21/h6-15,17-19H,4-5,16H2,1-3H3/q+1. The van der Waals surface area contributed by atoms with Gasteiger partial charge in [-0.25, -0.2) is 0 Å².